The van der Waals surface area contributed by atoms with Gasteiger partial charge in [0.25, 0.3) is 0 Å². The molecule has 6 heavy (non-hydrogen) atoms. The molecule has 0 unspecified atom stereocenters. The van der Waals surface area contributed by atoms with Gasteiger partial charge in [-0.2, -0.15) is 0 Å². The molecule has 0 atom stereocenters. The van der Waals surface area contributed by atoms with E-state index in [0.29, 0.717) is 0 Å². The molecule has 0 aromatic rings. The van der Waals surface area contributed by atoms with E-state index in [-0.39, 0.29) is 59.6 Å². The Balaban J connectivity index is -0.0000000800. The first kappa shape index (κ1) is 10.5. The van der Waals surface area contributed by atoms with Crippen LogP contribution in [0.5, 0.6) is 0 Å². The van der Waals surface area contributed by atoms with Gasteiger partial charge in [0.2, 0.25) is 0 Å². The Hall–Kier alpha value is 1.56. The van der Waals surface area contributed by atoms with Gasteiger partial charge in [-0.25, -0.2) is 0 Å². The maximum Gasteiger partial charge on any atom is 1.00 e. The monoisotopic (exact) mass is 172 g/mol. The van der Waals surface area contributed by atoms with Gasteiger partial charge in [0.1, 0.15) is 0 Å². The molecular formula is CH2F3ORb. The van der Waals surface area contributed by atoms with Gasteiger partial charge in [-0.05, 0) is 0 Å². The molecule has 0 saturated carbocycles. The zero-order chi connectivity index (χ0) is 4.50. The third-order valence-electron chi connectivity index (χ3n) is 0. The predicted molar refractivity (Wildman–Crippen MR) is 9.39 cm³/mol. The van der Waals surface area contributed by atoms with Crippen LogP contribution in [0, 0.1) is 0 Å². The third-order valence-corrected chi connectivity index (χ3v) is 0. The van der Waals surface area contributed by atoms with Gasteiger partial charge in [0, 0.05) is 0 Å². The number of hydrogen-bond acceptors (Lipinski definition) is 1. The molecule has 0 fully saturated rings. The normalized spacial score (nSPS) is 10.0. The smallest absolute Gasteiger partial charge is 1.00 e. The van der Waals surface area contributed by atoms with Crippen molar-refractivity contribution in [2.45, 2.75) is 6.36 Å². The van der Waals surface area contributed by atoms with E-state index in [0.717, 1.165) is 0 Å². The molecule has 5 heteroatoms. The first-order valence-electron chi connectivity index (χ1n) is 0.791. The van der Waals surface area contributed by atoms with Gasteiger partial charge < -0.3 is 6.53 Å². The second-order valence-corrected chi connectivity index (χ2v) is 0.468. The van der Waals surface area contributed by atoms with Crippen LogP contribution >= 0.6 is 0 Å². The summed E-state index contributed by atoms with van der Waals surface area (Å²) in [5.74, 6) is 0. The molecule has 0 spiro atoms. The van der Waals surface area contributed by atoms with Crippen molar-refractivity contribution in [2.24, 2.45) is 0 Å². The van der Waals surface area contributed by atoms with Crippen LogP contribution in [0.4, 0.5) is 13.2 Å². The Kier molecular flexibility index (Phi) is 6.21. The number of alkyl halides is 3. The van der Waals surface area contributed by atoms with E-state index in [1.165, 1.54) is 0 Å². The molecule has 0 amide bonds. The van der Waals surface area contributed by atoms with E-state index in [2.05, 4.69) is 0 Å². The van der Waals surface area contributed by atoms with Gasteiger partial charge in [0.15, 0.2) is 0 Å². The van der Waals surface area contributed by atoms with Crippen LogP contribution in [-0.2, 0) is 0 Å². The summed E-state index contributed by atoms with van der Waals surface area (Å²) in [6, 6.07) is 0. The average molecular weight is 172 g/mol. The average Bonchev–Trinajstić information content (AvgIpc) is 0.722. The molecule has 0 aliphatic rings. The van der Waals surface area contributed by atoms with E-state index in [1.807, 2.05) is 0 Å². The number of hydrogen-bond donors (Lipinski definition) is 1. The van der Waals surface area contributed by atoms with Gasteiger partial charge in [-0.3, -0.25) is 0 Å². The topological polar surface area (TPSA) is 20.2 Å². The fraction of sp³-hybridized carbons (Fsp3) is 1.00. The van der Waals surface area contributed by atoms with E-state index in [4.69, 9.17) is 5.11 Å². The summed E-state index contributed by atoms with van der Waals surface area (Å²) in [4.78, 5) is 0. The molecule has 1 N–H and O–H groups in total. The third kappa shape index (κ3) is 47.7. The Morgan fingerprint density at radius 1 is 1.33 bits per heavy atom. The second kappa shape index (κ2) is 3.54. The standard InChI is InChI=1S/CHF3O.Rb.H/c2-1(3,4)5;;/h5H;;/q;+1;-1. The van der Waals surface area contributed by atoms with Crippen LogP contribution in [-0.4, -0.2) is 11.5 Å². The molecule has 34 valence electrons. The summed E-state index contributed by atoms with van der Waals surface area (Å²) in [7, 11) is 0. The van der Waals surface area contributed by atoms with Crippen molar-refractivity contribution in [1.82, 2.24) is 0 Å². The number of aliphatic hydroxyl groups is 1. The molecule has 0 aliphatic heterocycles. The maximum atomic E-state index is 9.91. The van der Waals surface area contributed by atoms with Crippen LogP contribution in [0.3, 0.4) is 0 Å². The van der Waals surface area contributed by atoms with Crippen LogP contribution in [0.15, 0.2) is 0 Å². The molecule has 0 bridgehead atoms. The van der Waals surface area contributed by atoms with Gasteiger partial charge in [-0.15, -0.1) is 13.2 Å². The largest absolute Gasteiger partial charge is 1.00 e. The molecule has 0 aromatic heterocycles. The molecule has 0 radical (unpaired) electrons. The summed E-state index contributed by atoms with van der Waals surface area (Å²) in [5, 5.41) is 6.52. The minimum Gasteiger partial charge on any atom is -1.00 e. The maximum absolute atomic E-state index is 9.91. The molecule has 0 aromatic carbocycles. The zero-order valence-corrected chi connectivity index (χ0v) is 8.00. The fourth-order valence-electron chi connectivity index (χ4n) is 0. The van der Waals surface area contributed by atoms with Crippen molar-refractivity contribution in [3.05, 3.63) is 0 Å². The summed E-state index contributed by atoms with van der Waals surface area (Å²) < 4.78 is 29.7. The molecule has 0 saturated heterocycles. The first-order chi connectivity index (χ1) is 2.00. The zero-order valence-electron chi connectivity index (χ0n) is 4.08. The van der Waals surface area contributed by atoms with Crippen molar-refractivity contribution in [2.75, 3.05) is 0 Å². The quantitative estimate of drug-likeness (QED) is 0.433. The van der Waals surface area contributed by atoms with Crippen molar-refractivity contribution in [3.8, 4) is 0 Å². The van der Waals surface area contributed by atoms with Crippen molar-refractivity contribution >= 4 is 0 Å². The van der Waals surface area contributed by atoms with E-state index >= 15 is 0 Å². The minimum absolute atomic E-state index is 0. The second-order valence-electron chi connectivity index (χ2n) is 0.468. The van der Waals surface area contributed by atoms with Crippen LogP contribution < -0.4 is 58.2 Å². The number of rotatable bonds is 0. The van der Waals surface area contributed by atoms with Gasteiger partial charge in [0.05, 0.1) is 0 Å². The van der Waals surface area contributed by atoms with Crippen LogP contribution in [0.2, 0.25) is 0 Å². The molecule has 0 heterocycles. The SMILES string of the molecule is OC(F)(F)F.[H-].[Rb+]. The number of halogens is 3. The summed E-state index contributed by atoms with van der Waals surface area (Å²) in [6.07, 6.45) is -5.00. The van der Waals surface area contributed by atoms with Gasteiger partial charge in [-0.1, -0.05) is 0 Å². The molecule has 1 nitrogen and oxygen atoms in total. The van der Waals surface area contributed by atoms with E-state index in [1.54, 1.807) is 0 Å². The Morgan fingerprint density at radius 3 is 1.33 bits per heavy atom. The Morgan fingerprint density at radius 2 is 1.33 bits per heavy atom. The van der Waals surface area contributed by atoms with Crippen LogP contribution in [0.25, 0.3) is 0 Å². The molecule has 0 aliphatic carbocycles. The van der Waals surface area contributed by atoms with Crippen molar-refractivity contribution in [1.29, 1.82) is 0 Å². The van der Waals surface area contributed by atoms with Crippen LogP contribution in [0.1, 0.15) is 1.43 Å². The molecular weight excluding hydrogens is 170 g/mol. The Labute approximate surface area is 82.8 Å². The minimum atomic E-state index is -5.00. The summed E-state index contributed by atoms with van der Waals surface area (Å²) >= 11 is 0. The molecule has 0 rings (SSSR count). The van der Waals surface area contributed by atoms with Crippen molar-refractivity contribution in [3.63, 3.8) is 0 Å². The summed E-state index contributed by atoms with van der Waals surface area (Å²) in [6.45, 7) is 0. The predicted octanol–water partition coefficient (Wildman–Crippen LogP) is -2.39. The van der Waals surface area contributed by atoms with E-state index in [9.17, 15) is 13.2 Å². The summed E-state index contributed by atoms with van der Waals surface area (Å²) in [5.41, 5.74) is 0. The fourth-order valence-corrected chi connectivity index (χ4v) is 0. The Bertz CT molecular complexity index is 30.4. The van der Waals surface area contributed by atoms with Gasteiger partial charge >= 0.3 is 64.5 Å². The first-order valence-corrected chi connectivity index (χ1v) is 0.791. The van der Waals surface area contributed by atoms with E-state index < -0.39 is 6.36 Å². The van der Waals surface area contributed by atoms with Crippen molar-refractivity contribution < 1.29 is 77.9 Å².